The Morgan fingerprint density at radius 1 is 1.09 bits per heavy atom. The summed E-state index contributed by atoms with van der Waals surface area (Å²) in [6, 6.07) is 13.3. The van der Waals surface area contributed by atoms with Gasteiger partial charge in [-0.25, -0.2) is 8.42 Å². The van der Waals surface area contributed by atoms with Crippen LogP contribution in [0.2, 0.25) is 5.02 Å². The summed E-state index contributed by atoms with van der Waals surface area (Å²) in [6.45, 7) is 1.60. The van der Waals surface area contributed by atoms with Gasteiger partial charge in [-0.2, -0.15) is 0 Å². The molecule has 0 aliphatic rings. The second-order valence-electron chi connectivity index (χ2n) is 4.75. The van der Waals surface area contributed by atoms with Crippen LogP contribution in [0.15, 0.2) is 53.4 Å². The standard InChI is InChI=1S/C16H16ClNO3S/c1-2-22(20,21)13-9-7-12(8-10-13)11-16(19)18-15-6-4-3-5-14(15)17/h3-10H,2,11H2,1H3,(H,18,19). The summed E-state index contributed by atoms with van der Waals surface area (Å²) in [5.74, 6) is -0.154. The average Bonchev–Trinajstić information content (AvgIpc) is 2.50. The second kappa shape index (κ2) is 6.94. The van der Waals surface area contributed by atoms with Crippen molar-refractivity contribution in [1.29, 1.82) is 0 Å². The Kier molecular flexibility index (Phi) is 5.21. The fourth-order valence-electron chi connectivity index (χ4n) is 1.92. The minimum atomic E-state index is -3.22. The van der Waals surface area contributed by atoms with Gasteiger partial charge in [-0.05, 0) is 29.8 Å². The molecular weight excluding hydrogens is 322 g/mol. The maximum atomic E-state index is 12.0. The number of para-hydroxylation sites is 1. The van der Waals surface area contributed by atoms with Gasteiger partial charge < -0.3 is 5.32 Å². The highest BCUT2D eigenvalue weighted by molar-refractivity contribution is 7.91. The monoisotopic (exact) mass is 337 g/mol. The zero-order chi connectivity index (χ0) is 16.2. The predicted molar refractivity (Wildman–Crippen MR) is 88.0 cm³/mol. The van der Waals surface area contributed by atoms with Crippen molar-refractivity contribution < 1.29 is 13.2 Å². The molecule has 22 heavy (non-hydrogen) atoms. The molecule has 0 aliphatic carbocycles. The first-order valence-corrected chi connectivity index (χ1v) is 8.81. The van der Waals surface area contributed by atoms with E-state index in [1.807, 2.05) is 0 Å². The lowest BCUT2D eigenvalue weighted by Crippen LogP contribution is -2.14. The molecule has 0 heterocycles. The van der Waals surface area contributed by atoms with Crippen LogP contribution in [0.4, 0.5) is 5.69 Å². The van der Waals surface area contributed by atoms with Crippen LogP contribution in [0.1, 0.15) is 12.5 Å². The Morgan fingerprint density at radius 2 is 1.73 bits per heavy atom. The van der Waals surface area contributed by atoms with Crippen LogP contribution in [-0.2, 0) is 21.1 Å². The first kappa shape index (κ1) is 16.5. The van der Waals surface area contributed by atoms with Gasteiger partial charge in [0.15, 0.2) is 9.84 Å². The Balaban J connectivity index is 2.05. The van der Waals surface area contributed by atoms with Crippen LogP contribution < -0.4 is 5.32 Å². The molecule has 2 rings (SSSR count). The molecule has 0 aromatic heterocycles. The summed E-state index contributed by atoms with van der Waals surface area (Å²) < 4.78 is 23.4. The van der Waals surface area contributed by atoms with Crippen molar-refractivity contribution in [3.63, 3.8) is 0 Å². The Hall–Kier alpha value is -1.85. The number of benzene rings is 2. The predicted octanol–water partition coefficient (Wildman–Crippen LogP) is 3.31. The third-order valence-corrected chi connectivity index (χ3v) is 5.26. The van der Waals surface area contributed by atoms with Crippen molar-refractivity contribution in [3.05, 3.63) is 59.1 Å². The molecule has 0 saturated heterocycles. The summed E-state index contributed by atoms with van der Waals surface area (Å²) >= 11 is 5.98. The first-order chi connectivity index (χ1) is 10.4. The van der Waals surface area contributed by atoms with Crippen LogP contribution in [0.5, 0.6) is 0 Å². The number of sulfone groups is 1. The fraction of sp³-hybridized carbons (Fsp3) is 0.188. The maximum absolute atomic E-state index is 12.0. The van der Waals surface area contributed by atoms with Crippen molar-refractivity contribution in [2.45, 2.75) is 18.2 Å². The highest BCUT2D eigenvalue weighted by Gasteiger charge is 2.12. The number of carbonyl (C=O) groups is 1. The molecule has 4 nitrogen and oxygen atoms in total. The molecule has 6 heteroatoms. The van der Waals surface area contributed by atoms with Crippen molar-refractivity contribution in [2.75, 3.05) is 11.1 Å². The van der Waals surface area contributed by atoms with E-state index >= 15 is 0 Å². The highest BCUT2D eigenvalue weighted by atomic mass is 35.5. The maximum Gasteiger partial charge on any atom is 0.228 e. The summed E-state index contributed by atoms with van der Waals surface area (Å²) in [6.07, 6.45) is 0.150. The molecule has 1 amide bonds. The fourth-order valence-corrected chi connectivity index (χ4v) is 2.99. The minimum Gasteiger partial charge on any atom is -0.324 e. The molecule has 2 aromatic carbocycles. The van der Waals surface area contributed by atoms with Gasteiger partial charge in [-0.15, -0.1) is 0 Å². The Labute approximate surface area is 135 Å². The highest BCUT2D eigenvalue weighted by Crippen LogP contribution is 2.20. The Bertz CT molecular complexity index is 770. The molecule has 1 N–H and O–H groups in total. The first-order valence-electron chi connectivity index (χ1n) is 6.78. The van der Waals surface area contributed by atoms with E-state index in [0.717, 1.165) is 5.56 Å². The molecule has 116 valence electrons. The lowest BCUT2D eigenvalue weighted by molar-refractivity contribution is -0.115. The number of hydrogen-bond acceptors (Lipinski definition) is 3. The molecular formula is C16H16ClNO3S. The van der Waals surface area contributed by atoms with E-state index in [1.54, 1.807) is 43.3 Å². The topological polar surface area (TPSA) is 63.2 Å². The normalized spacial score (nSPS) is 11.2. The molecule has 0 atom stereocenters. The summed E-state index contributed by atoms with van der Waals surface area (Å²) in [5, 5.41) is 3.20. The van der Waals surface area contributed by atoms with Crippen molar-refractivity contribution in [1.82, 2.24) is 0 Å². The SMILES string of the molecule is CCS(=O)(=O)c1ccc(CC(=O)Nc2ccccc2Cl)cc1. The van der Waals surface area contributed by atoms with Crippen molar-refractivity contribution >= 4 is 33.0 Å². The van der Waals surface area contributed by atoms with Gasteiger partial charge in [0.25, 0.3) is 0 Å². The number of hydrogen-bond donors (Lipinski definition) is 1. The molecule has 0 saturated carbocycles. The van der Waals surface area contributed by atoms with Crippen LogP contribution in [0.3, 0.4) is 0 Å². The molecule has 0 unspecified atom stereocenters. The smallest absolute Gasteiger partial charge is 0.228 e. The molecule has 0 fully saturated rings. The third kappa shape index (κ3) is 4.08. The third-order valence-electron chi connectivity index (χ3n) is 3.18. The van der Waals surface area contributed by atoms with Gasteiger partial charge in [-0.3, -0.25) is 4.79 Å². The van der Waals surface area contributed by atoms with Crippen LogP contribution in [0.25, 0.3) is 0 Å². The summed E-state index contributed by atoms with van der Waals surface area (Å²) in [4.78, 5) is 12.3. The molecule has 2 aromatic rings. The molecule has 0 radical (unpaired) electrons. The number of rotatable bonds is 5. The molecule has 0 bridgehead atoms. The number of amides is 1. The van der Waals surface area contributed by atoms with Crippen LogP contribution >= 0.6 is 11.6 Å². The number of carbonyl (C=O) groups excluding carboxylic acids is 1. The van der Waals surface area contributed by atoms with E-state index in [-0.39, 0.29) is 23.0 Å². The van der Waals surface area contributed by atoms with Gasteiger partial charge in [0.05, 0.1) is 27.8 Å². The Morgan fingerprint density at radius 3 is 2.32 bits per heavy atom. The molecule has 0 spiro atoms. The zero-order valence-electron chi connectivity index (χ0n) is 12.0. The van der Waals surface area contributed by atoms with Gasteiger partial charge in [0.2, 0.25) is 5.91 Å². The van der Waals surface area contributed by atoms with Gasteiger partial charge >= 0.3 is 0 Å². The van der Waals surface area contributed by atoms with E-state index in [4.69, 9.17) is 11.6 Å². The van der Waals surface area contributed by atoms with Gasteiger partial charge in [0.1, 0.15) is 0 Å². The second-order valence-corrected chi connectivity index (χ2v) is 7.44. The quantitative estimate of drug-likeness (QED) is 0.910. The van der Waals surface area contributed by atoms with Crippen molar-refractivity contribution in [2.24, 2.45) is 0 Å². The minimum absolute atomic E-state index is 0.0549. The van der Waals surface area contributed by atoms with E-state index in [2.05, 4.69) is 5.32 Å². The summed E-state index contributed by atoms with van der Waals surface area (Å²) in [5.41, 5.74) is 1.29. The van der Waals surface area contributed by atoms with Crippen LogP contribution in [-0.4, -0.2) is 20.1 Å². The molecule has 0 aliphatic heterocycles. The van der Waals surface area contributed by atoms with Gasteiger partial charge in [0, 0.05) is 0 Å². The number of nitrogens with one attached hydrogen (secondary N) is 1. The van der Waals surface area contributed by atoms with E-state index in [0.29, 0.717) is 10.7 Å². The van der Waals surface area contributed by atoms with Gasteiger partial charge in [-0.1, -0.05) is 42.8 Å². The van der Waals surface area contributed by atoms with E-state index in [1.165, 1.54) is 12.1 Å². The average molecular weight is 338 g/mol. The zero-order valence-corrected chi connectivity index (χ0v) is 13.6. The lowest BCUT2D eigenvalue weighted by Gasteiger charge is -2.07. The van der Waals surface area contributed by atoms with Crippen LogP contribution in [0, 0.1) is 0 Å². The largest absolute Gasteiger partial charge is 0.324 e. The van der Waals surface area contributed by atoms with E-state index < -0.39 is 9.84 Å². The number of anilines is 1. The lowest BCUT2D eigenvalue weighted by atomic mass is 10.1. The summed E-state index contributed by atoms with van der Waals surface area (Å²) in [7, 11) is -3.22. The van der Waals surface area contributed by atoms with E-state index in [9.17, 15) is 13.2 Å². The number of halogens is 1. The van der Waals surface area contributed by atoms with Crippen molar-refractivity contribution in [3.8, 4) is 0 Å².